The number of anilines is 1. The van der Waals surface area contributed by atoms with Crippen LogP contribution in [0.15, 0.2) is 36.4 Å². The van der Waals surface area contributed by atoms with Crippen LogP contribution >= 0.6 is 11.6 Å². The number of halogens is 4. The molecule has 180 valence electrons. The lowest BCUT2D eigenvalue weighted by Crippen LogP contribution is -2.50. The van der Waals surface area contributed by atoms with Crippen molar-refractivity contribution in [3.63, 3.8) is 0 Å². The quantitative estimate of drug-likeness (QED) is 0.691. The molecule has 2 atom stereocenters. The lowest BCUT2D eigenvalue weighted by molar-refractivity contribution is -0.137. The number of aliphatic hydroxyl groups excluding tert-OH is 1. The van der Waals surface area contributed by atoms with E-state index in [2.05, 4.69) is 0 Å². The molecule has 0 spiro atoms. The van der Waals surface area contributed by atoms with Gasteiger partial charge in [0, 0.05) is 48.2 Å². The third-order valence-electron chi connectivity index (χ3n) is 6.92. The largest absolute Gasteiger partial charge is 0.496 e. The average molecular weight is 494 g/mol. The second-order valence-corrected chi connectivity index (χ2v) is 9.22. The van der Waals surface area contributed by atoms with Gasteiger partial charge in [-0.1, -0.05) is 11.6 Å². The number of benzene rings is 2. The molecule has 6 nitrogen and oxygen atoms in total. The Kier molecular flexibility index (Phi) is 6.40. The predicted octanol–water partition coefficient (Wildman–Crippen LogP) is 4.20. The SMILES string of the molecule is COc1cc(Cl)ccc1C(=O)N1CC[C@@]2(CO)CN(c3ccc(C#N)c(C(F)(F)F)c3)C[C@H]2C1. The molecular weight excluding hydrogens is 471 g/mol. The summed E-state index contributed by atoms with van der Waals surface area (Å²) in [5, 5.41) is 19.8. The summed E-state index contributed by atoms with van der Waals surface area (Å²) >= 11 is 6.00. The summed E-state index contributed by atoms with van der Waals surface area (Å²) in [6.07, 6.45) is -4.14. The zero-order valence-corrected chi connectivity index (χ0v) is 19.2. The molecule has 2 aromatic rings. The van der Waals surface area contributed by atoms with Gasteiger partial charge in [0.05, 0.1) is 36.5 Å². The Hall–Kier alpha value is -2.96. The molecule has 2 fully saturated rings. The highest BCUT2D eigenvalue weighted by molar-refractivity contribution is 6.30. The van der Waals surface area contributed by atoms with Crippen LogP contribution in [0.3, 0.4) is 0 Å². The van der Waals surface area contributed by atoms with Gasteiger partial charge in [0.1, 0.15) is 5.75 Å². The average Bonchev–Trinajstić information content (AvgIpc) is 3.22. The first-order valence-electron chi connectivity index (χ1n) is 10.7. The van der Waals surface area contributed by atoms with Gasteiger partial charge in [0.2, 0.25) is 0 Å². The van der Waals surface area contributed by atoms with Gasteiger partial charge in [-0.3, -0.25) is 4.79 Å². The number of alkyl halides is 3. The maximum Gasteiger partial charge on any atom is 0.417 e. The Morgan fingerprint density at radius 2 is 2.06 bits per heavy atom. The van der Waals surface area contributed by atoms with Crippen molar-refractivity contribution in [1.82, 2.24) is 4.90 Å². The van der Waals surface area contributed by atoms with Crippen molar-refractivity contribution in [3.8, 4) is 11.8 Å². The van der Waals surface area contributed by atoms with Crippen molar-refractivity contribution in [2.24, 2.45) is 11.3 Å². The van der Waals surface area contributed by atoms with Crippen molar-refractivity contribution < 1.29 is 27.8 Å². The zero-order valence-electron chi connectivity index (χ0n) is 18.4. The molecule has 2 heterocycles. The zero-order chi connectivity index (χ0) is 24.7. The fourth-order valence-electron chi connectivity index (χ4n) is 5.00. The highest BCUT2D eigenvalue weighted by Crippen LogP contribution is 2.45. The molecule has 4 rings (SSSR count). The molecule has 10 heteroatoms. The number of methoxy groups -OCH3 is 1. The molecule has 0 aromatic heterocycles. The van der Waals surface area contributed by atoms with Crippen LogP contribution in [0.4, 0.5) is 18.9 Å². The summed E-state index contributed by atoms with van der Waals surface area (Å²) in [4.78, 5) is 16.7. The first kappa shape index (κ1) is 24.2. The molecule has 34 heavy (non-hydrogen) atoms. The lowest BCUT2D eigenvalue weighted by atomic mass is 9.73. The van der Waals surface area contributed by atoms with E-state index in [1.165, 1.54) is 19.2 Å². The summed E-state index contributed by atoms with van der Waals surface area (Å²) in [5.41, 5.74) is -1.23. The standard InChI is InChI=1S/C24H23ClF3N3O3/c1-34-21-8-17(25)3-5-19(21)22(33)30-7-6-23(14-32)13-31(12-16(23)11-30)18-4-2-15(10-29)20(9-18)24(26,27)28/h2-5,8-9,16,32H,6-7,11-14H2,1H3/t16-,23+/m1/s1. The van der Waals surface area contributed by atoms with Crippen molar-refractivity contribution >= 4 is 23.2 Å². The molecule has 0 unspecified atom stereocenters. The van der Waals surface area contributed by atoms with Crippen molar-refractivity contribution in [1.29, 1.82) is 5.26 Å². The fraction of sp³-hybridized carbons (Fsp3) is 0.417. The predicted molar refractivity (Wildman–Crippen MR) is 120 cm³/mol. The fourth-order valence-corrected chi connectivity index (χ4v) is 5.16. The van der Waals surface area contributed by atoms with E-state index < -0.39 is 22.7 Å². The van der Waals surface area contributed by atoms with E-state index in [4.69, 9.17) is 21.6 Å². The number of amides is 1. The van der Waals surface area contributed by atoms with Crippen LogP contribution in [0.25, 0.3) is 0 Å². The Balaban J connectivity index is 1.58. The second kappa shape index (κ2) is 9.01. The first-order valence-corrected chi connectivity index (χ1v) is 11.1. The summed E-state index contributed by atoms with van der Waals surface area (Å²) in [7, 11) is 1.46. The van der Waals surface area contributed by atoms with Crippen LogP contribution in [0.1, 0.15) is 27.9 Å². The van der Waals surface area contributed by atoms with Crippen LogP contribution in [-0.4, -0.2) is 55.8 Å². The van der Waals surface area contributed by atoms with E-state index in [-0.39, 0.29) is 18.4 Å². The minimum Gasteiger partial charge on any atom is -0.496 e. The van der Waals surface area contributed by atoms with Crippen molar-refractivity contribution in [2.45, 2.75) is 12.6 Å². The minimum absolute atomic E-state index is 0.136. The topological polar surface area (TPSA) is 76.8 Å². The van der Waals surface area contributed by atoms with E-state index in [1.807, 2.05) is 0 Å². The Labute approximate surface area is 200 Å². The van der Waals surface area contributed by atoms with E-state index in [0.717, 1.165) is 6.07 Å². The van der Waals surface area contributed by atoms with E-state index in [9.17, 15) is 23.1 Å². The summed E-state index contributed by atoms with van der Waals surface area (Å²) in [6.45, 7) is 1.36. The molecule has 1 N–H and O–H groups in total. The number of nitrogens with zero attached hydrogens (tertiary/aromatic N) is 3. The number of fused-ring (bicyclic) bond motifs is 1. The monoisotopic (exact) mass is 493 g/mol. The van der Waals surface area contributed by atoms with Gasteiger partial charge in [-0.15, -0.1) is 0 Å². The summed E-state index contributed by atoms with van der Waals surface area (Å²) in [6, 6.07) is 10.0. The van der Waals surface area contributed by atoms with Crippen LogP contribution in [0.2, 0.25) is 5.02 Å². The van der Waals surface area contributed by atoms with Crippen LogP contribution in [0, 0.1) is 22.7 Å². The van der Waals surface area contributed by atoms with Gasteiger partial charge in [-0.05, 0) is 42.8 Å². The van der Waals surface area contributed by atoms with E-state index in [0.29, 0.717) is 54.6 Å². The van der Waals surface area contributed by atoms with Crippen LogP contribution in [0.5, 0.6) is 5.75 Å². The lowest BCUT2D eigenvalue weighted by Gasteiger charge is -2.42. The number of carbonyl (C=O) groups is 1. The summed E-state index contributed by atoms with van der Waals surface area (Å²) in [5.74, 6) is -0.00322. The van der Waals surface area contributed by atoms with Crippen molar-refractivity contribution in [3.05, 3.63) is 58.1 Å². The number of carbonyl (C=O) groups excluding carboxylic acids is 1. The molecule has 2 aromatic carbocycles. The number of nitriles is 1. The van der Waals surface area contributed by atoms with Crippen LogP contribution < -0.4 is 9.64 Å². The number of hydrogen-bond donors (Lipinski definition) is 1. The van der Waals surface area contributed by atoms with Gasteiger partial charge in [0.25, 0.3) is 5.91 Å². The molecule has 0 aliphatic carbocycles. The number of aliphatic hydroxyl groups is 1. The molecule has 0 saturated carbocycles. The van der Waals surface area contributed by atoms with Gasteiger partial charge in [-0.2, -0.15) is 18.4 Å². The third-order valence-corrected chi connectivity index (χ3v) is 7.16. The van der Waals surface area contributed by atoms with Gasteiger partial charge >= 0.3 is 6.18 Å². The first-order chi connectivity index (χ1) is 16.1. The molecule has 2 aliphatic heterocycles. The maximum atomic E-state index is 13.5. The highest BCUT2D eigenvalue weighted by Gasteiger charge is 2.50. The minimum atomic E-state index is -4.65. The van der Waals surface area contributed by atoms with Gasteiger partial charge in [0.15, 0.2) is 0 Å². The molecule has 0 bridgehead atoms. The highest BCUT2D eigenvalue weighted by atomic mass is 35.5. The molecular formula is C24H23ClF3N3O3. The number of likely N-dealkylation sites (tertiary alicyclic amines) is 1. The number of piperidine rings is 1. The molecule has 2 saturated heterocycles. The Morgan fingerprint density at radius 3 is 2.71 bits per heavy atom. The van der Waals surface area contributed by atoms with E-state index >= 15 is 0 Å². The number of ether oxygens (including phenoxy) is 1. The number of hydrogen-bond acceptors (Lipinski definition) is 5. The Bertz CT molecular complexity index is 1150. The smallest absolute Gasteiger partial charge is 0.417 e. The van der Waals surface area contributed by atoms with Crippen molar-refractivity contribution in [2.75, 3.05) is 44.8 Å². The molecule has 2 aliphatic rings. The third kappa shape index (κ3) is 4.28. The number of rotatable bonds is 4. The van der Waals surface area contributed by atoms with Gasteiger partial charge in [-0.25, -0.2) is 0 Å². The molecule has 1 amide bonds. The molecule has 0 radical (unpaired) electrons. The maximum absolute atomic E-state index is 13.5. The summed E-state index contributed by atoms with van der Waals surface area (Å²) < 4.78 is 45.7. The Morgan fingerprint density at radius 1 is 1.29 bits per heavy atom. The second-order valence-electron chi connectivity index (χ2n) is 8.78. The van der Waals surface area contributed by atoms with E-state index in [1.54, 1.807) is 34.1 Å². The van der Waals surface area contributed by atoms with Gasteiger partial charge < -0.3 is 19.6 Å². The van der Waals surface area contributed by atoms with Crippen LogP contribution in [-0.2, 0) is 6.18 Å². The normalized spacial score (nSPS) is 22.3.